The third kappa shape index (κ3) is 4.98. The van der Waals surface area contributed by atoms with Crippen molar-refractivity contribution in [1.82, 2.24) is 9.88 Å². The van der Waals surface area contributed by atoms with Gasteiger partial charge in [-0.1, -0.05) is 18.2 Å². The highest BCUT2D eigenvalue weighted by Gasteiger charge is 2.11. The van der Waals surface area contributed by atoms with Crippen molar-refractivity contribution in [1.29, 1.82) is 0 Å². The molecule has 1 N–H and O–H groups in total. The SMILES string of the molecule is CC(C)Oc1cccc([C@@H](C)NC(=O)Cn2ccccc2=O)c1. The minimum Gasteiger partial charge on any atom is -0.491 e. The molecule has 0 fully saturated rings. The van der Waals surface area contributed by atoms with Gasteiger partial charge in [0.05, 0.1) is 12.1 Å². The van der Waals surface area contributed by atoms with E-state index in [1.165, 1.54) is 10.6 Å². The summed E-state index contributed by atoms with van der Waals surface area (Å²) < 4.78 is 7.04. The van der Waals surface area contributed by atoms with Crippen LogP contribution in [0.15, 0.2) is 53.5 Å². The number of ether oxygens (including phenoxy) is 1. The van der Waals surface area contributed by atoms with E-state index in [4.69, 9.17) is 4.74 Å². The van der Waals surface area contributed by atoms with E-state index >= 15 is 0 Å². The Hall–Kier alpha value is -2.56. The minimum absolute atomic E-state index is 0.00615. The molecule has 0 unspecified atom stereocenters. The van der Waals surface area contributed by atoms with E-state index in [0.717, 1.165) is 11.3 Å². The Labute approximate surface area is 135 Å². The number of hydrogen-bond acceptors (Lipinski definition) is 3. The van der Waals surface area contributed by atoms with Crippen molar-refractivity contribution in [2.24, 2.45) is 0 Å². The first kappa shape index (κ1) is 16.8. The predicted molar refractivity (Wildman–Crippen MR) is 89.5 cm³/mol. The zero-order chi connectivity index (χ0) is 16.8. The summed E-state index contributed by atoms with van der Waals surface area (Å²) in [7, 11) is 0. The topological polar surface area (TPSA) is 60.3 Å². The first-order valence-corrected chi connectivity index (χ1v) is 7.67. The molecule has 1 atom stereocenters. The zero-order valence-corrected chi connectivity index (χ0v) is 13.7. The van der Waals surface area contributed by atoms with Crippen LogP contribution in [0.25, 0.3) is 0 Å². The van der Waals surface area contributed by atoms with E-state index in [9.17, 15) is 9.59 Å². The van der Waals surface area contributed by atoms with E-state index in [2.05, 4.69) is 5.32 Å². The molecule has 1 heterocycles. The number of nitrogens with zero attached hydrogens (tertiary/aromatic N) is 1. The second-order valence-corrected chi connectivity index (χ2v) is 5.70. The normalized spacial score (nSPS) is 12.0. The van der Waals surface area contributed by atoms with Gasteiger partial charge in [0.25, 0.3) is 5.56 Å². The summed E-state index contributed by atoms with van der Waals surface area (Å²) in [5.41, 5.74) is 0.763. The van der Waals surface area contributed by atoms with Crippen LogP contribution in [0.5, 0.6) is 5.75 Å². The highest BCUT2D eigenvalue weighted by Crippen LogP contribution is 2.20. The quantitative estimate of drug-likeness (QED) is 0.891. The van der Waals surface area contributed by atoms with Gasteiger partial charge in [0.15, 0.2) is 0 Å². The number of nitrogens with one attached hydrogen (secondary N) is 1. The maximum absolute atomic E-state index is 12.1. The molecule has 0 spiro atoms. The zero-order valence-electron chi connectivity index (χ0n) is 13.7. The lowest BCUT2D eigenvalue weighted by molar-refractivity contribution is -0.122. The second-order valence-electron chi connectivity index (χ2n) is 5.70. The van der Waals surface area contributed by atoms with Crippen molar-refractivity contribution in [2.45, 2.75) is 39.5 Å². The van der Waals surface area contributed by atoms with Gasteiger partial charge >= 0.3 is 0 Å². The van der Waals surface area contributed by atoms with Gasteiger partial charge in [0.2, 0.25) is 5.91 Å². The number of amides is 1. The number of aromatic nitrogens is 1. The molecule has 0 radical (unpaired) electrons. The number of carbonyl (C=O) groups is 1. The van der Waals surface area contributed by atoms with E-state index in [1.54, 1.807) is 18.3 Å². The fourth-order valence-corrected chi connectivity index (χ4v) is 2.25. The van der Waals surface area contributed by atoms with Gasteiger partial charge in [-0.2, -0.15) is 0 Å². The van der Waals surface area contributed by atoms with Crippen molar-refractivity contribution in [3.63, 3.8) is 0 Å². The highest BCUT2D eigenvalue weighted by molar-refractivity contribution is 5.76. The summed E-state index contributed by atoms with van der Waals surface area (Å²) in [4.78, 5) is 23.7. The van der Waals surface area contributed by atoms with Crippen LogP contribution in [-0.2, 0) is 11.3 Å². The Morgan fingerprint density at radius 1 is 1.17 bits per heavy atom. The van der Waals surface area contributed by atoms with Gasteiger partial charge in [0, 0.05) is 12.3 Å². The molecule has 1 aromatic heterocycles. The molecule has 2 aromatic rings. The fraction of sp³-hybridized carbons (Fsp3) is 0.333. The molecule has 0 aliphatic carbocycles. The average Bonchev–Trinajstić information content (AvgIpc) is 2.49. The summed E-state index contributed by atoms with van der Waals surface area (Å²) >= 11 is 0. The Bertz CT molecular complexity index is 722. The third-order valence-electron chi connectivity index (χ3n) is 3.32. The molecule has 0 saturated heterocycles. The van der Waals surface area contributed by atoms with Crippen molar-refractivity contribution < 1.29 is 9.53 Å². The molecule has 1 amide bonds. The van der Waals surface area contributed by atoms with Crippen LogP contribution < -0.4 is 15.6 Å². The Morgan fingerprint density at radius 3 is 2.65 bits per heavy atom. The van der Waals surface area contributed by atoms with E-state index < -0.39 is 0 Å². The maximum atomic E-state index is 12.1. The smallest absolute Gasteiger partial charge is 0.250 e. The van der Waals surface area contributed by atoms with Gasteiger partial charge in [-0.3, -0.25) is 9.59 Å². The molecule has 0 saturated carbocycles. The van der Waals surface area contributed by atoms with Crippen molar-refractivity contribution in [3.05, 3.63) is 64.6 Å². The lowest BCUT2D eigenvalue weighted by Crippen LogP contribution is -2.33. The number of hydrogen-bond donors (Lipinski definition) is 1. The number of benzene rings is 1. The molecule has 5 heteroatoms. The van der Waals surface area contributed by atoms with Gasteiger partial charge in [0.1, 0.15) is 12.3 Å². The van der Waals surface area contributed by atoms with Crippen molar-refractivity contribution in [2.75, 3.05) is 0 Å². The Kier molecular flexibility index (Phi) is 5.57. The lowest BCUT2D eigenvalue weighted by Gasteiger charge is -2.17. The first-order chi connectivity index (χ1) is 11.0. The maximum Gasteiger partial charge on any atom is 0.250 e. The largest absolute Gasteiger partial charge is 0.491 e. The van der Waals surface area contributed by atoms with Gasteiger partial charge in [-0.25, -0.2) is 0 Å². The van der Waals surface area contributed by atoms with Gasteiger partial charge in [-0.15, -0.1) is 0 Å². The molecule has 0 aliphatic heterocycles. The van der Waals surface area contributed by atoms with Crippen molar-refractivity contribution >= 4 is 5.91 Å². The van der Waals surface area contributed by atoms with Crippen LogP contribution in [0.3, 0.4) is 0 Å². The summed E-state index contributed by atoms with van der Waals surface area (Å²) in [5, 5.41) is 2.90. The van der Waals surface area contributed by atoms with E-state index in [-0.39, 0.29) is 30.2 Å². The number of carbonyl (C=O) groups excluding carboxylic acids is 1. The Morgan fingerprint density at radius 2 is 1.96 bits per heavy atom. The summed E-state index contributed by atoms with van der Waals surface area (Å²) in [6.07, 6.45) is 1.70. The number of rotatable bonds is 6. The standard InChI is InChI=1S/C18H22N2O3/c1-13(2)23-16-8-6-7-15(11-16)14(3)19-17(21)12-20-10-5-4-9-18(20)22/h4-11,13-14H,12H2,1-3H3,(H,19,21)/t14-/m1/s1. The van der Waals surface area contributed by atoms with Crippen LogP contribution in [0.1, 0.15) is 32.4 Å². The van der Waals surface area contributed by atoms with Crippen LogP contribution >= 0.6 is 0 Å². The Balaban J connectivity index is 2.01. The van der Waals surface area contributed by atoms with Crippen LogP contribution in [0, 0.1) is 0 Å². The van der Waals surface area contributed by atoms with Gasteiger partial charge in [-0.05, 0) is 44.5 Å². The second kappa shape index (κ2) is 7.63. The van der Waals surface area contributed by atoms with Gasteiger partial charge < -0.3 is 14.6 Å². The average molecular weight is 314 g/mol. The lowest BCUT2D eigenvalue weighted by atomic mass is 10.1. The molecule has 0 aliphatic rings. The summed E-state index contributed by atoms with van der Waals surface area (Å²) in [5.74, 6) is 0.568. The minimum atomic E-state index is -0.207. The first-order valence-electron chi connectivity index (χ1n) is 7.67. The van der Waals surface area contributed by atoms with Crippen LogP contribution in [0.2, 0.25) is 0 Å². The molecule has 23 heavy (non-hydrogen) atoms. The molecule has 2 rings (SSSR count). The van der Waals surface area contributed by atoms with Crippen molar-refractivity contribution in [3.8, 4) is 5.75 Å². The molecule has 122 valence electrons. The van der Waals surface area contributed by atoms with E-state index in [1.807, 2.05) is 45.0 Å². The monoisotopic (exact) mass is 314 g/mol. The molecular weight excluding hydrogens is 292 g/mol. The molecular formula is C18H22N2O3. The van der Waals surface area contributed by atoms with Crippen LogP contribution in [-0.4, -0.2) is 16.6 Å². The highest BCUT2D eigenvalue weighted by atomic mass is 16.5. The predicted octanol–water partition coefficient (Wildman–Crippen LogP) is 2.51. The number of pyridine rings is 1. The molecule has 1 aromatic carbocycles. The van der Waals surface area contributed by atoms with E-state index in [0.29, 0.717) is 0 Å². The molecule has 0 bridgehead atoms. The van der Waals surface area contributed by atoms with Crippen LogP contribution in [0.4, 0.5) is 0 Å². The summed E-state index contributed by atoms with van der Waals surface area (Å²) in [6, 6.07) is 12.3. The third-order valence-corrected chi connectivity index (χ3v) is 3.32. The molecule has 5 nitrogen and oxygen atoms in total. The fourth-order valence-electron chi connectivity index (χ4n) is 2.25. The summed E-state index contributed by atoms with van der Waals surface area (Å²) in [6.45, 7) is 5.84.